The molecule has 0 aliphatic carbocycles. The number of hydrogen-bond donors (Lipinski definition) is 2. The van der Waals surface area contributed by atoms with E-state index in [0.717, 1.165) is 0 Å². The second-order valence-electron chi connectivity index (χ2n) is 4.50. The fraction of sp³-hybridized carbons (Fsp3) is 0.538. The van der Waals surface area contributed by atoms with E-state index in [9.17, 15) is 4.39 Å². The maximum atomic E-state index is 14.0. The Balaban J connectivity index is 3.36. The first-order chi connectivity index (χ1) is 7.97. The molecule has 0 saturated heterocycles. The maximum absolute atomic E-state index is 14.0. The minimum Gasteiger partial charge on any atom is -0.496 e. The first-order valence-electron chi connectivity index (χ1n) is 5.66. The smallest absolute Gasteiger partial charge is 0.130 e. The van der Waals surface area contributed by atoms with Gasteiger partial charge in [-0.3, -0.25) is 0 Å². The van der Waals surface area contributed by atoms with Crippen molar-refractivity contribution in [1.29, 1.82) is 0 Å². The van der Waals surface area contributed by atoms with Gasteiger partial charge >= 0.3 is 0 Å². The van der Waals surface area contributed by atoms with Crippen molar-refractivity contribution < 1.29 is 14.2 Å². The Morgan fingerprint density at radius 1 is 1.53 bits per heavy atom. The molecule has 0 bridgehead atoms. The van der Waals surface area contributed by atoms with Crippen LogP contribution in [0.1, 0.15) is 25.8 Å². The highest BCUT2D eigenvalue weighted by atomic mass is 19.1. The Kier molecular flexibility index (Phi) is 4.48. The molecule has 0 aliphatic heterocycles. The predicted octanol–water partition coefficient (Wildman–Crippen LogP) is 1.82. The second kappa shape index (κ2) is 5.47. The van der Waals surface area contributed by atoms with E-state index >= 15 is 0 Å². The summed E-state index contributed by atoms with van der Waals surface area (Å²) < 4.78 is 19.2. The predicted molar refractivity (Wildman–Crippen MR) is 65.7 cm³/mol. The van der Waals surface area contributed by atoms with E-state index < -0.39 is 5.41 Å². The lowest BCUT2D eigenvalue weighted by Crippen LogP contribution is -2.42. The van der Waals surface area contributed by atoms with Crippen molar-refractivity contribution in [3.8, 4) is 5.75 Å². The van der Waals surface area contributed by atoms with Gasteiger partial charge in [0.2, 0.25) is 0 Å². The normalized spacial score (nSPS) is 16.4. The largest absolute Gasteiger partial charge is 0.496 e. The van der Waals surface area contributed by atoms with Crippen LogP contribution < -0.4 is 10.5 Å². The summed E-state index contributed by atoms with van der Waals surface area (Å²) in [4.78, 5) is 0. The molecule has 4 heteroatoms. The zero-order valence-electron chi connectivity index (χ0n) is 10.5. The first kappa shape index (κ1) is 13.9. The highest BCUT2D eigenvalue weighted by molar-refractivity contribution is 5.41. The van der Waals surface area contributed by atoms with Gasteiger partial charge in [-0.05, 0) is 25.5 Å². The molecular formula is C13H20FNO2. The van der Waals surface area contributed by atoms with Crippen molar-refractivity contribution >= 4 is 0 Å². The Bertz CT molecular complexity index is 382. The quantitative estimate of drug-likeness (QED) is 0.826. The number of ether oxygens (including phenoxy) is 1. The average Bonchev–Trinajstić information content (AvgIpc) is 2.28. The van der Waals surface area contributed by atoms with Crippen LogP contribution in [0.15, 0.2) is 18.2 Å². The van der Waals surface area contributed by atoms with Crippen LogP contribution in [0.3, 0.4) is 0 Å². The Morgan fingerprint density at radius 2 is 2.18 bits per heavy atom. The van der Waals surface area contributed by atoms with E-state index in [0.29, 0.717) is 17.7 Å². The number of aliphatic hydroxyl groups is 1. The molecule has 3 nitrogen and oxygen atoms in total. The Morgan fingerprint density at radius 3 is 2.65 bits per heavy atom. The molecule has 3 N–H and O–H groups in total. The molecule has 2 atom stereocenters. The highest BCUT2D eigenvalue weighted by Crippen LogP contribution is 2.38. The number of nitrogens with two attached hydrogens (primary N) is 1. The topological polar surface area (TPSA) is 55.5 Å². The lowest BCUT2D eigenvalue weighted by molar-refractivity contribution is 0.222. The van der Waals surface area contributed by atoms with E-state index in [1.807, 2.05) is 13.8 Å². The molecule has 0 radical (unpaired) electrons. The number of halogens is 1. The zero-order valence-corrected chi connectivity index (χ0v) is 10.5. The Labute approximate surface area is 101 Å². The van der Waals surface area contributed by atoms with Crippen LogP contribution in [0.25, 0.3) is 0 Å². The van der Waals surface area contributed by atoms with Crippen LogP contribution in [-0.4, -0.2) is 24.9 Å². The van der Waals surface area contributed by atoms with Crippen molar-refractivity contribution in [2.75, 3.05) is 13.7 Å². The summed E-state index contributed by atoms with van der Waals surface area (Å²) in [5, 5.41) is 9.15. The number of aliphatic hydroxyl groups excluding tert-OH is 1. The molecule has 0 aromatic heterocycles. The molecule has 1 rings (SSSR count). The lowest BCUT2D eigenvalue weighted by atomic mass is 9.73. The van der Waals surface area contributed by atoms with Crippen molar-refractivity contribution in [2.45, 2.75) is 31.7 Å². The van der Waals surface area contributed by atoms with E-state index in [-0.39, 0.29) is 18.5 Å². The van der Waals surface area contributed by atoms with Crippen LogP contribution in [0, 0.1) is 5.82 Å². The summed E-state index contributed by atoms with van der Waals surface area (Å²) in [6.45, 7) is 3.60. The van der Waals surface area contributed by atoms with Gasteiger partial charge in [-0.2, -0.15) is 0 Å². The fourth-order valence-electron chi connectivity index (χ4n) is 2.04. The van der Waals surface area contributed by atoms with Crippen LogP contribution >= 0.6 is 0 Å². The number of hydrogen-bond acceptors (Lipinski definition) is 3. The molecule has 0 saturated carbocycles. The third-order valence-electron chi connectivity index (χ3n) is 3.40. The zero-order chi connectivity index (χ0) is 13.1. The summed E-state index contributed by atoms with van der Waals surface area (Å²) in [7, 11) is 1.50. The molecule has 0 aliphatic rings. The van der Waals surface area contributed by atoms with E-state index in [1.54, 1.807) is 12.1 Å². The SMILES string of the molecule is COc1cccc(F)c1C(C)(CCO)C(C)N. The lowest BCUT2D eigenvalue weighted by Gasteiger charge is -2.35. The molecule has 1 aromatic rings. The van der Waals surface area contributed by atoms with Gasteiger partial charge in [0.25, 0.3) is 0 Å². The standard InChI is InChI=1S/C13H20FNO2/c1-9(15)13(2,7-8-16)12-10(14)5-4-6-11(12)17-3/h4-6,9,16H,7-8,15H2,1-3H3. The van der Waals surface area contributed by atoms with Gasteiger partial charge in [0.05, 0.1) is 7.11 Å². The molecule has 96 valence electrons. The third-order valence-corrected chi connectivity index (χ3v) is 3.40. The molecule has 2 unspecified atom stereocenters. The van der Waals surface area contributed by atoms with Gasteiger partial charge in [0, 0.05) is 23.6 Å². The Hall–Kier alpha value is -1.13. The van der Waals surface area contributed by atoms with Gasteiger partial charge in [-0.25, -0.2) is 4.39 Å². The van der Waals surface area contributed by atoms with Crippen molar-refractivity contribution in [3.63, 3.8) is 0 Å². The monoisotopic (exact) mass is 241 g/mol. The second-order valence-corrected chi connectivity index (χ2v) is 4.50. The van der Waals surface area contributed by atoms with Gasteiger partial charge < -0.3 is 15.6 Å². The van der Waals surface area contributed by atoms with E-state index in [1.165, 1.54) is 13.2 Å². The molecule has 1 aromatic carbocycles. The summed E-state index contributed by atoms with van der Waals surface area (Å²) >= 11 is 0. The minimum atomic E-state index is -0.647. The minimum absolute atomic E-state index is 0.0461. The number of benzene rings is 1. The maximum Gasteiger partial charge on any atom is 0.130 e. The summed E-state index contributed by atoms with van der Waals surface area (Å²) in [5.41, 5.74) is 5.74. The van der Waals surface area contributed by atoms with Crippen molar-refractivity contribution in [3.05, 3.63) is 29.6 Å². The summed E-state index contributed by atoms with van der Waals surface area (Å²) in [6, 6.07) is 4.39. The molecule has 0 amide bonds. The van der Waals surface area contributed by atoms with Crippen LogP contribution in [0.4, 0.5) is 4.39 Å². The van der Waals surface area contributed by atoms with Crippen LogP contribution in [-0.2, 0) is 5.41 Å². The van der Waals surface area contributed by atoms with E-state index in [2.05, 4.69) is 0 Å². The summed E-state index contributed by atoms with van der Waals surface area (Å²) in [6.07, 6.45) is 0.391. The van der Waals surface area contributed by atoms with Gasteiger partial charge in [0.15, 0.2) is 0 Å². The molecule has 0 heterocycles. The van der Waals surface area contributed by atoms with Gasteiger partial charge in [-0.1, -0.05) is 13.0 Å². The van der Waals surface area contributed by atoms with Gasteiger partial charge in [-0.15, -0.1) is 0 Å². The van der Waals surface area contributed by atoms with Crippen LogP contribution in [0.2, 0.25) is 0 Å². The van der Waals surface area contributed by atoms with Crippen molar-refractivity contribution in [2.24, 2.45) is 5.73 Å². The molecule has 17 heavy (non-hydrogen) atoms. The van der Waals surface area contributed by atoms with Crippen LogP contribution in [0.5, 0.6) is 5.75 Å². The summed E-state index contributed by atoms with van der Waals surface area (Å²) in [5.74, 6) is 0.121. The molecule has 0 fully saturated rings. The third kappa shape index (κ3) is 2.58. The fourth-order valence-corrected chi connectivity index (χ4v) is 2.04. The first-order valence-corrected chi connectivity index (χ1v) is 5.66. The number of rotatable bonds is 5. The number of methoxy groups -OCH3 is 1. The van der Waals surface area contributed by atoms with Crippen molar-refractivity contribution in [1.82, 2.24) is 0 Å². The average molecular weight is 241 g/mol. The van der Waals surface area contributed by atoms with Gasteiger partial charge in [0.1, 0.15) is 11.6 Å². The van der Waals surface area contributed by atoms with E-state index in [4.69, 9.17) is 15.6 Å². The molecule has 0 spiro atoms. The highest BCUT2D eigenvalue weighted by Gasteiger charge is 2.35. The molecular weight excluding hydrogens is 221 g/mol.